The summed E-state index contributed by atoms with van der Waals surface area (Å²) in [7, 11) is 1.55. The van der Waals surface area contributed by atoms with Crippen LogP contribution in [-0.2, 0) is 16.1 Å². The van der Waals surface area contributed by atoms with E-state index in [-0.39, 0.29) is 23.7 Å². The molecule has 1 saturated heterocycles. The summed E-state index contributed by atoms with van der Waals surface area (Å²) >= 11 is 0. The molecule has 168 valence electrons. The van der Waals surface area contributed by atoms with Crippen LogP contribution in [0.25, 0.3) is 5.76 Å². The van der Waals surface area contributed by atoms with Crippen LogP contribution in [0.2, 0.25) is 0 Å². The third-order valence-electron chi connectivity index (χ3n) is 5.85. The first-order valence-corrected chi connectivity index (χ1v) is 10.5. The maximum Gasteiger partial charge on any atom is 0.295 e. The first-order valence-electron chi connectivity index (χ1n) is 10.5. The summed E-state index contributed by atoms with van der Waals surface area (Å²) in [5.74, 6) is -1.46. The van der Waals surface area contributed by atoms with Crippen LogP contribution in [0, 0.1) is 19.7 Å². The topological polar surface area (TPSA) is 66.8 Å². The quantitative estimate of drug-likeness (QED) is 0.338. The first kappa shape index (κ1) is 22.3. The van der Waals surface area contributed by atoms with Crippen molar-refractivity contribution in [2.24, 2.45) is 0 Å². The molecular formula is C27H24FNO4. The van der Waals surface area contributed by atoms with Gasteiger partial charge < -0.3 is 14.7 Å². The van der Waals surface area contributed by atoms with Crippen LogP contribution < -0.4 is 4.74 Å². The molecule has 4 rings (SSSR count). The van der Waals surface area contributed by atoms with E-state index in [1.165, 1.54) is 17.0 Å². The highest BCUT2D eigenvalue weighted by molar-refractivity contribution is 6.46. The van der Waals surface area contributed by atoms with E-state index < -0.39 is 17.7 Å². The summed E-state index contributed by atoms with van der Waals surface area (Å²) in [4.78, 5) is 27.7. The van der Waals surface area contributed by atoms with Gasteiger partial charge in [-0.1, -0.05) is 42.0 Å². The van der Waals surface area contributed by atoms with Gasteiger partial charge in [0.15, 0.2) is 0 Å². The molecule has 1 aliphatic heterocycles. The lowest BCUT2D eigenvalue weighted by atomic mass is 9.93. The van der Waals surface area contributed by atoms with Gasteiger partial charge in [-0.25, -0.2) is 4.39 Å². The van der Waals surface area contributed by atoms with E-state index in [2.05, 4.69) is 0 Å². The molecule has 0 saturated carbocycles. The molecule has 1 N–H and O–H groups in total. The van der Waals surface area contributed by atoms with Crippen LogP contribution in [0.1, 0.15) is 33.9 Å². The third kappa shape index (κ3) is 4.24. The Balaban J connectivity index is 1.87. The molecule has 1 aliphatic rings. The van der Waals surface area contributed by atoms with Crippen LogP contribution in [0.5, 0.6) is 5.75 Å². The minimum atomic E-state index is -0.781. The lowest BCUT2D eigenvalue weighted by Gasteiger charge is -2.26. The fourth-order valence-electron chi connectivity index (χ4n) is 4.19. The van der Waals surface area contributed by atoms with Gasteiger partial charge in [0, 0.05) is 12.1 Å². The number of hydrogen-bond donors (Lipinski definition) is 1. The average molecular weight is 445 g/mol. The Morgan fingerprint density at radius 2 is 1.76 bits per heavy atom. The average Bonchev–Trinajstić information content (AvgIpc) is 3.05. The molecule has 0 aliphatic carbocycles. The summed E-state index contributed by atoms with van der Waals surface area (Å²) < 4.78 is 18.6. The van der Waals surface area contributed by atoms with E-state index in [9.17, 15) is 19.1 Å². The SMILES string of the molecule is COc1ccc(/C(O)=C2/C(=O)C(=O)N(Cc3ccc(F)cc3)C2c2cccc(C)c2)c(C)c1. The number of Topliss-reactive ketones (excluding diaryl/α,β-unsaturated/α-hetero) is 1. The number of halogens is 1. The summed E-state index contributed by atoms with van der Waals surface area (Å²) in [5, 5.41) is 11.3. The number of rotatable bonds is 5. The third-order valence-corrected chi connectivity index (χ3v) is 5.85. The fourth-order valence-corrected chi connectivity index (χ4v) is 4.19. The second-order valence-corrected chi connectivity index (χ2v) is 8.15. The molecule has 1 amide bonds. The van der Waals surface area contributed by atoms with E-state index >= 15 is 0 Å². The molecule has 1 atom stereocenters. The van der Waals surface area contributed by atoms with Crippen molar-refractivity contribution >= 4 is 17.4 Å². The minimum Gasteiger partial charge on any atom is -0.507 e. The van der Waals surface area contributed by atoms with Crippen molar-refractivity contribution < 1.29 is 23.8 Å². The van der Waals surface area contributed by atoms with Gasteiger partial charge in [0.2, 0.25) is 0 Å². The Morgan fingerprint density at radius 1 is 1.03 bits per heavy atom. The standard InChI is InChI=1S/C27H24FNO4/c1-16-5-4-6-19(13-16)24-23(25(30)22-12-11-21(33-3)14-17(22)2)26(31)27(32)29(24)15-18-7-9-20(28)10-8-18/h4-14,24,30H,15H2,1-3H3/b25-23-. The molecule has 0 spiro atoms. The smallest absolute Gasteiger partial charge is 0.295 e. The van der Waals surface area contributed by atoms with Crippen molar-refractivity contribution in [1.29, 1.82) is 0 Å². The number of amides is 1. The number of hydrogen-bond acceptors (Lipinski definition) is 4. The van der Waals surface area contributed by atoms with Crippen molar-refractivity contribution in [3.8, 4) is 5.75 Å². The zero-order chi connectivity index (χ0) is 23.7. The van der Waals surface area contributed by atoms with Gasteiger partial charge in [-0.3, -0.25) is 9.59 Å². The molecule has 0 radical (unpaired) electrons. The Labute approximate surface area is 191 Å². The van der Waals surface area contributed by atoms with E-state index in [1.807, 2.05) is 31.2 Å². The molecule has 3 aromatic rings. The number of nitrogens with zero attached hydrogens (tertiary/aromatic N) is 1. The second-order valence-electron chi connectivity index (χ2n) is 8.15. The Bertz CT molecular complexity index is 1260. The Hall–Kier alpha value is -3.93. The maximum absolute atomic E-state index is 13.4. The van der Waals surface area contributed by atoms with Gasteiger partial charge in [-0.05, 0) is 60.9 Å². The summed E-state index contributed by atoms with van der Waals surface area (Å²) in [6.07, 6.45) is 0. The zero-order valence-electron chi connectivity index (χ0n) is 18.6. The summed E-state index contributed by atoms with van der Waals surface area (Å²) in [6.45, 7) is 3.82. The number of carbonyl (C=O) groups is 2. The molecule has 1 fully saturated rings. The summed E-state index contributed by atoms with van der Waals surface area (Å²) in [5.41, 5.74) is 3.54. The molecule has 1 heterocycles. The van der Waals surface area contributed by atoms with Gasteiger partial charge in [0.05, 0.1) is 18.7 Å². The minimum absolute atomic E-state index is 0.0287. The largest absolute Gasteiger partial charge is 0.507 e. The monoisotopic (exact) mass is 445 g/mol. The van der Waals surface area contributed by atoms with E-state index in [1.54, 1.807) is 44.4 Å². The van der Waals surface area contributed by atoms with Gasteiger partial charge >= 0.3 is 0 Å². The fraction of sp³-hybridized carbons (Fsp3) is 0.185. The zero-order valence-corrected chi connectivity index (χ0v) is 18.6. The number of methoxy groups -OCH3 is 1. The molecule has 0 aromatic heterocycles. The number of benzene rings is 3. The number of ketones is 1. The highest BCUT2D eigenvalue weighted by Crippen LogP contribution is 2.41. The van der Waals surface area contributed by atoms with Crippen molar-refractivity contribution in [3.05, 3.63) is 106 Å². The number of carbonyl (C=O) groups excluding carboxylic acids is 2. The van der Waals surface area contributed by atoms with Crippen LogP contribution in [0.3, 0.4) is 0 Å². The Kier molecular flexibility index (Phi) is 6.01. The predicted octanol–water partition coefficient (Wildman–Crippen LogP) is 5.07. The van der Waals surface area contributed by atoms with E-state index in [0.717, 1.165) is 5.56 Å². The summed E-state index contributed by atoms with van der Waals surface area (Å²) in [6, 6.07) is 17.6. The lowest BCUT2D eigenvalue weighted by Crippen LogP contribution is -2.29. The van der Waals surface area contributed by atoms with Gasteiger partial charge in [-0.2, -0.15) is 0 Å². The van der Waals surface area contributed by atoms with Crippen molar-refractivity contribution in [3.63, 3.8) is 0 Å². The normalized spacial score (nSPS) is 17.5. The molecule has 33 heavy (non-hydrogen) atoms. The van der Waals surface area contributed by atoms with Crippen LogP contribution in [-0.4, -0.2) is 28.8 Å². The van der Waals surface area contributed by atoms with Crippen molar-refractivity contribution in [2.45, 2.75) is 26.4 Å². The molecule has 0 bridgehead atoms. The number of aliphatic hydroxyl groups excluding tert-OH is 1. The molecule has 3 aromatic carbocycles. The maximum atomic E-state index is 13.4. The van der Waals surface area contributed by atoms with Crippen molar-refractivity contribution in [2.75, 3.05) is 7.11 Å². The number of ether oxygens (including phenoxy) is 1. The van der Waals surface area contributed by atoms with Gasteiger partial charge in [-0.15, -0.1) is 0 Å². The van der Waals surface area contributed by atoms with E-state index in [4.69, 9.17) is 4.74 Å². The molecule has 1 unspecified atom stereocenters. The van der Waals surface area contributed by atoms with Crippen LogP contribution >= 0.6 is 0 Å². The first-order chi connectivity index (χ1) is 15.8. The molecule has 6 heteroatoms. The lowest BCUT2D eigenvalue weighted by molar-refractivity contribution is -0.140. The van der Waals surface area contributed by atoms with E-state index in [0.29, 0.717) is 28.0 Å². The second kappa shape index (κ2) is 8.90. The number of aliphatic hydroxyl groups is 1. The van der Waals surface area contributed by atoms with Crippen LogP contribution in [0.4, 0.5) is 4.39 Å². The van der Waals surface area contributed by atoms with Gasteiger partial charge in [0.25, 0.3) is 11.7 Å². The Morgan fingerprint density at radius 3 is 2.39 bits per heavy atom. The highest BCUT2D eigenvalue weighted by Gasteiger charge is 2.46. The highest BCUT2D eigenvalue weighted by atomic mass is 19.1. The predicted molar refractivity (Wildman–Crippen MR) is 123 cm³/mol. The molecular weight excluding hydrogens is 421 g/mol. The molecule has 5 nitrogen and oxygen atoms in total. The number of likely N-dealkylation sites (tertiary alicyclic amines) is 1. The van der Waals surface area contributed by atoms with Crippen molar-refractivity contribution in [1.82, 2.24) is 4.90 Å². The van der Waals surface area contributed by atoms with Gasteiger partial charge in [0.1, 0.15) is 17.3 Å². The number of aryl methyl sites for hydroxylation is 2. The van der Waals surface area contributed by atoms with Crippen LogP contribution in [0.15, 0.2) is 72.3 Å².